The third-order valence-electron chi connectivity index (χ3n) is 6.99. The van der Waals surface area contributed by atoms with Gasteiger partial charge in [-0.3, -0.25) is 14.3 Å². The van der Waals surface area contributed by atoms with Gasteiger partial charge >= 0.3 is 0 Å². The van der Waals surface area contributed by atoms with Crippen LogP contribution in [0, 0.1) is 5.41 Å². The van der Waals surface area contributed by atoms with Gasteiger partial charge in [0, 0.05) is 37.8 Å². The number of aromatic nitrogens is 5. The number of aliphatic hydroxyl groups is 1. The van der Waals surface area contributed by atoms with Gasteiger partial charge in [-0.15, -0.1) is 5.10 Å². The Labute approximate surface area is 193 Å². The van der Waals surface area contributed by atoms with E-state index < -0.39 is 23.6 Å². The third kappa shape index (κ3) is 4.28. The van der Waals surface area contributed by atoms with Crippen LogP contribution in [0.1, 0.15) is 82.3 Å². The van der Waals surface area contributed by atoms with Crippen LogP contribution in [0.3, 0.4) is 0 Å². The highest BCUT2D eigenvalue weighted by atomic mass is 16.3. The molecule has 3 aliphatic rings. The maximum atomic E-state index is 13.8. The van der Waals surface area contributed by atoms with Crippen LogP contribution in [0.4, 0.5) is 0 Å². The number of fused-ring (bicyclic) bond motifs is 1. The Hall–Kier alpha value is -2.75. The van der Waals surface area contributed by atoms with Crippen molar-refractivity contribution in [3.8, 4) is 0 Å². The van der Waals surface area contributed by atoms with Gasteiger partial charge in [-0.05, 0) is 37.2 Å². The quantitative estimate of drug-likeness (QED) is 0.706. The number of hydrogen-bond acceptors (Lipinski definition) is 6. The number of rotatable bonds is 5. The molecule has 1 saturated heterocycles. The molecule has 178 valence electrons. The van der Waals surface area contributed by atoms with Gasteiger partial charge in [0.2, 0.25) is 11.8 Å². The lowest BCUT2D eigenvalue weighted by Crippen LogP contribution is -2.51. The summed E-state index contributed by atoms with van der Waals surface area (Å²) in [6, 6.07) is 0.448. The fourth-order valence-electron chi connectivity index (χ4n) is 5.16. The number of hydrogen-bond donors (Lipinski definition) is 2. The van der Waals surface area contributed by atoms with Gasteiger partial charge in [0.15, 0.2) is 0 Å². The first-order chi connectivity index (χ1) is 15.7. The predicted octanol–water partition coefficient (Wildman–Crippen LogP) is 1.55. The van der Waals surface area contributed by atoms with Crippen LogP contribution in [-0.2, 0) is 16.1 Å². The molecule has 0 bridgehead atoms. The Morgan fingerprint density at radius 3 is 2.76 bits per heavy atom. The summed E-state index contributed by atoms with van der Waals surface area (Å²) in [7, 11) is 0. The van der Waals surface area contributed by atoms with Crippen LogP contribution in [-0.4, -0.2) is 65.3 Å². The fourth-order valence-corrected chi connectivity index (χ4v) is 5.16. The van der Waals surface area contributed by atoms with Crippen LogP contribution in [0.25, 0.3) is 0 Å². The van der Waals surface area contributed by atoms with Crippen LogP contribution in [0.5, 0.6) is 0 Å². The molecule has 2 aliphatic heterocycles. The zero-order chi connectivity index (χ0) is 23.3. The van der Waals surface area contributed by atoms with Crippen molar-refractivity contribution < 1.29 is 14.7 Å². The SMILES string of the molecule is CC(C)(C)[C@@H](C(=O)N1CC(O)CC1C(=O)NC1CCCn2nccc21)n1cc(C2CC2)nn1. The van der Waals surface area contributed by atoms with Gasteiger partial charge in [-0.25, -0.2) is 4.68 Å². The van der Waals surface area contributed by atoms with Gasteiger partial charge in [0.25, 0.3) is 0 Å². The number of nitrogens with zero attached hydrogens (tertiary/aromatic N) is 6. The first-order valence-corrected chi connectivity index (χ1v) is 11.9. The Kier molecular flexibility index (Phi) is 5.50. The molecule has 5 rings (SSSR count). The number of nitrogens with one attached hydrogen (secondary N) is 1. The second-order valence-electron chi connectivity index (χ2n) is 10.7. The maximum Gasteiger partial charge on any atom is 0.248 e. The lowest BCUT2D eigenvalue weighted by atomic mass is 9.85. The van der Waals surface area contributed by atoms with E-state index in [1.165, 1.54) is 4.90 Å². The molecular formula is C23H33N7O3. The fraction of sp³-hybridized carbons (Fsp3) is 0.696. The lowest BCUT2D eigenvalue weighted by Gasteiger charge is -2.35. The first-order valence-electron chi connectivity index (χ1n) is 11.9. The highest BCUT2D eigenvalue weighted by Crippen LogP contribution is 2.40. The Morgan fingerprint density at radius 1 is 1.24 bits per heavy atom. The van der Waals surface area contributed by atoms with Crippen LogP contribution in [0.2, 0.25) is 0 Å². The normalized spacial score (nSPS) is 26.2. The minimum Gasteiger partial charge on any atom is -0.391 e. The summed E-state index contributed by atoms with van der Waals surface area (Å²) < 4.78 is 3.56. The van der Waals surface area contributed by atoms with Crippen molar-refractivity contribution >= 4 is 11.8 Å². The summed E-state index contributed by atoms with van der Waals surface area (Å²) in [5.41, 5.74) is 1.45. The molecular weight excluding hydrogens is 422 g/mol. The van der Waals surface area contributed by atoms with Crippen molar-refractivity contribution in [1.82, 2.24) is 35.0 Å². The molecule has 2 amide bonds. The summed E-state index contributed by atoms with van der Waals surface area (Å²) in [4.78, 5) is 28.7. The average molecular weight is 456 g/mol. The van der Waals surface area contributed by atoms with Gasteiger partial charge in [0.05, 0.1) is 23.5 Å². The van der Waals surface area contributed by atoms with Crippen molar-refractivity contribution in [1.29, 1.82) is 0 Å². The molecule has 2 aromatic heterocycles. The average Bonchev–Trinajstić information content (AvgIpc) is 3.13. The van der Waals surface area contributed by atoms with Gasteiger partial charge in [-0.2, -0.15) is 5.10 Å². The number of amides is 2. The summed E-state index contributed by atoms with van der Waals surface area (Å²) in [5.74, 6) is -0.00450. The molecule has 33 heavy (non-hydrogen) atoms. The molecule has 4 heterocycles. The van der Waals surface area contributed by atoms with Crippen molar-refractivity contribution in [3.63, 3.8) is 0 Å². The second-order valence-corrected chi connectivity index (χ2v) is 10.7. The standard InChI is InChI=1S/C23H33N7O3/c1-23(2,3)20(30-13-17(26-27-30)14-6-7-14)22(33)28-12-15(31)11-19(28)21(32)25-16-5-4-10-29-18(16)8-9-24-29/h8-9,13-16,19-20,31H,4-7,10-12H2,1-3H3,(H,25,32)/t15?,16?,19?,20-/m1/s1. The number of carbonyl (C=O) groups excluding carboxylic acids is 2. The molecule has 10 nitrogen and oxygen atoms in total. The molecule has 3 unspecified atom stereocenters. The van der Waals surface area contributed by atoms with E-state index in [0.29, 0.717) is 5.92 Å². The van der Waals surface area contributed by atoms with E-state index in [4.69, 9.17) is 0 Å². The van der Waals surface area contributed by atoms with E-state index in [-0.39, 0.29) is 30.8 Å². The second kappa shape index (κ2) is 8.23. The minimum absolute atomic E-state index is 0.135. The topological polar surface area (TPSA) is 118 Å². The Morgan fingerprint density at radius 2 is 2.03 bits per heavy atom. The number of aliphatic hydroxyl groups excluding tert-OH is 1. The summed E-state index contributed by atoms with van der Waals surface area (Å²) in [5, 5.41) is 26.4. The molecule has 2 N–H and O–H groups in total. The Bertz CT molecular complexity index is 1040. The maximum absolute atomic E-state index is 13.8. The van der Waals surface area contributed by atoms with Crippen LogP contribution >= 0.6 is 0 Å². The van der Waals surface area contributed by atoms with E-state index in [1.54, 1.807) is 10.9 Å². The predicted molar refractivity (Wildman–Crippen MR) is 119 cm³/mol. The van der Waals surface area contributed by atoms with E-state index in [0.717, 1.165) is 43.6 Å². The van der Waals surface area contributed by atoms with E-state index in [2.05, 4.69) is 20.7 Å². The van der Waals surface area contributed by atoms with Gasteiger partial charge in [0.1, 0.15) is 12.1 Å². The van der Waals surface area contributed by atoms with Crippen molar-refractivity contribution in [2.24, 2.45) is 5.41 Å². The summed E-state index contributed by atoms with van der Waals surface area (Å²) >= 11 is 0. The smallest absolute Gasteiger partial charge is 0.248 e. The number of carbonyl (C=O) groups is 2. The number of aryl methyl sites for hydroxylation is 1. The molecule has 1 saturated carbocycles. The zero-order valence-electron chi connectivity index (χ0n) is 19.5. The summed E-state index contributed by atoms with van der Waals surface area (Å²) in [6.45, 7) is 6.93. The van der Waals surface area contributed by atoms with E-state index in [1.807, 2.05) is 37.7 Å². The largest absolute Gasteiger partial charge is 0.391 e. The molecule has 1 aliphatic carbocycles. The molecule has 10 heteroatoms. The van der Waals surface area contributed by atoms with Gasteiger partial charge in [-0.1, -0.05) is 26.0 Å². The number of likely N-dealkylation sites (tertiary alicyclic amines) is 1. The van der Waals surface area contributed by atoms with Crippen LogP contribution < -0.4 is 5.32 Å². The Balaban J connectivity index is 1.36. The molecule has 2 fully saturated rings. The number of β-amino-alcohol motifs (C(OH)–C–C–N with tert-alkyl or cyclic N) is 1. The summed E-state index contributed by atoms with van der Waals surface area (Å²) in [6.07, 6.45) is 7.07. The van der Waals surface area contributed by atoms with Crippen molar-refractivity contribution in [2.75, 3.05) is 6.54 Å². The highest BCUT2D eigenvalue weighted by molar-refractivity contribution is 5.90. The zero-order valence-corrected chi connectivity index (χ0v) is 19.5. The van der Waals surface area contributed by atoms with E-state index in [9.17, 15) is 14.7 Å². The molecule has 0 aromatic carbocycles. The highest BCUT2D eigenvalue weighted by Gasteiger charge is 2.46. The third-order valence-corrected chi connectivity index (χ3v) is 6.99. The molecule has 0 radical (unpaired) electrons. The monoisotopic (exact) mass is 455 g/mol. The van der Waals surface area contributed by atoms with Crippen molar-refractivity contribution in [2.45, 2.75) is 89.6 Å². The van der Waals surface area contributed by atoms with E-state index >= 15 is 0 Å². The minimum atomic E-state index is -0.736. The molecule has 4 atom stereocenters. The lowest BCUT2D eigenvalue weighted by molar-refractivity contribution is -0.144. The molecule has 2 aromatic rings. The van der Waals surface area contributed by atoms with Crippen LogP contribution in [0.15, 0.2) is 18.5 Å². The van der Waals surface area contributed by atoms with Crippen molar-refractivity contribution in [3.05, 3.63) is 29.8 Å². The molecule has 0 spiro atoms. The van der Waals surface area contributed by atoms with Gasteiger partial charge < -0.3 is 15.3 Å². The first kappa shape index (κ1) is 22.1.